The maximum absolute atomic E-state index is 11.8. The monoisotopic (exact) mass is 492 g/mol. The van der Waals surface area contributed by atoms with Crippen LogP contribution in [0.15, 0.2) is 54.7 Å². The average Bonchev–Trinajstić information content (AvgIpc) is 3.33. The zero-order valence-corrected chi connectivity index (χ0v) is 19.5. The number of aromatic nitrogens is 1. The molecule has 1 amide bonds. The number of benzene rings is 1. The van der Waals surface area contributed by atoms with E-state index in [2.05, 4.69) is 15.6 Å². The Bertz CT molecular complexity index is 1110. The Morgan fingerprint density at radius 1 is 1.29 bits per heavy atom. The van der Waals surface area contributed by atoms with Crippen molar-refractivity contribution in [1.82, 2.24) is 10.3 Å². The van der Waals surface area contributed by atoms with Crippen LogP contribution in [0.3, 0.4) is 0 Å². The molecule has 1 fully saturated rings. The maximum atomic E-state index is 11.8. The zero-order valence-electron chi connectivity index (χ0n) is 16.3. The molecule has 1 aliphatic heterocycles. The first-order valence-corrected chi connectivity index (χ1v) is 11.3. The minimum Gasteiger partial charge on any atom is -0.375 e. The summed E-state index contributed by atoms with van der Waals surface area (Å²) in [5.74, 6) is -0.281. The van der Waals surface area contributed by atoms with Crippen LogP contribution in [0.5, 0.6) is 0 Å². The number of thiophene rings is 1. The highest BCUT2D eigenvalue weighted by Crippen LogP contribution is 2.45. The van der Waals surface area contributed by atoms with Gasteiger partial charge in [-0.2, -0.15) is 0 Å². The van der Waals surface area contributed by atoms with Crippen LogP contribution in [0.25, 0.3) is 0 Å². The summed E-state index contributed by atoms with van der Waals surface area (Å²) in [6, 6.07) is 14.7. The number of halogens is 2. The molecule has 0 aliphatic carbocycles. The van der Waals surface area contributed by atoms with Gasteiger partial charge in [0.2, 0.25) is 5.91 Å². The lowest BCUT2D eigenvalue weighted by atomic mass is 10.0. The summed E-state index contributed by atoms with van der Waals surface area (Å²) in [4.78, 5) is 19.4. The third-order valence-corrected chi connectivity index (χ3v) is 6.69. The van der Waals surface area contributed by atoms with Crippen molar-refractivity contribution < 1.29 is 9.53 Å². The number of thiocarbonyl (C=S) groups is 1. The Labute approximate surface area is 199 Å². The van der Waals surface area contributed by atoms with Gasteiger partial charge in [0.25, 0.3) is 0 Å². The number of nitrogens with zero attached hydrogens (tertiary/aromatic N) is 2. The summed E-state index contributed by atoms with van der Waals surface area (Å²) in [6.45, 7) is -0.0504. The van der Waals surface area contributed by atoms with Gasteiger partial charge in [0.1, 0.15) is 6.61 Å². The predicted octanol–water partition coefficient (Wildman–Crippen LogP) is 5.21. The molecule has 0 radical (unpaired) electrons. The molecule has 2 aromatic heterocycles. The molecule has 160 valence electrons. The Morgan fingerprint density at radius 3 is 2.77 bits per heavy atom. The van der Waals surface area contributed by atoms with Gasteiger partial charge in [-0.3, -0.25) is 9.78 Å². The first kappa shape index (κ1) is 22.0. The highest BCUT2D eigenvalue weighted by Gasteiger charge is 2.41. The molecule has 6 nitrogen and oxygen atoms in total. The molecule has 1 aromatic carbocycles. The number of carbonyl (C=O) groups excluding carboxylic acids is 1. The largest absolute Gasteiger partial charge is 0.375 e. The second-order valence-electron chi connectivity index (χ2n) is 6.78. The smallest absolute Gasteiger partial charge is 0.250 e. The standard InChI is InChI=1S/C21H18Cl2N4O2S2/c1-29-11-18(28)25-14-6-5-12(10-13(14)22)27-20(16-7-8-17(23)31-16)19(26-21(27)30)15-4-2-3-9-24-15/h2-10,19-20H,11H2,1H3,(H,25,28)(H,26,30)/t19-,20-/m1/s1. The minimum atomic E-state index is -0.281. The van der Waals surface area contributed by atoms with Crippen molar-refractivity contribution >= 4 is 69.2 Å². The molecule has 0 bridgehead atoms. The van der Waals surface area contributed by atoms with Crippen LogP contribution in [0.2, 0.25) is 9.36 Å². The van der Waals surface area contributed by atoms with Crippen molar-refractivity contribution in [3.63, 3.8) is 0 Å². The van der Waals surface area contributed by atoms with E-state index in [4.69, 9.17) is 40.2 Å². The molecule has 1 saturated heterocycles. The number of carbonyl (C=O) groups is 1. The maximum Gasteiger partial charge on any atom is 0.250 e. The second kappa shape index (κ2) is 9.50. The number of anilines is 2. The van der Waals surface area contributed by atoms with Crippen LogP contribution < -0.4 is 15.5 Å². The van der Waals surface area contributed by atoms with Crippen LogP contribution >= 0.6 is 46.8 Å². The minimum absolute atomic E-state index is 0.0504. The fraction of sp³-hybridized carbons (Fsp3) is 0.190. The molecule has 31 heavy (non-hydrogen) atoms. The Morgan fingerprint density at radius 2 is 2.13 bits per heavy atom. The van der Waals surface area contributed by atoms with Crippen molar-refractivity contribution in [3.8, 4) is 0 Å². The molecule has 10 heteroatoms. The number of pyridine rings is 1. The average molecular weight is 493 g/mol. The number of hydrogen-bond acceptors (Lipinski definition) is 5. The third-order valence-electron chi connectivity index (χ3n) is 4.76. The van der Waals surface area contributed by atoms with E-state index in [0.717, 1.165) is 16.3 Å². The number of methoxy groups -OCH3 is 1. The fourth-order valence-electron chi connectivity index (χ4n) is 3.48. The summed E-state index contributed by atoms with van der Waals surface area (Å²) < 4.78 is 5.55. The Kier molecular flexibility index (Phi) is 6.74. The van der Waals surface area contributed by atoms with E-state index < -0.39 is 0 Å². The number of hydrogen-bond donors (Lipinski definition) is 2. The van der Waals surface area contributed by atoms with Gasteiger partial charge in [-0.25, -0.2) is 0 Å². The van der Waals surface area contributed by atoms with E-state index in [1.54, 1.807) is 18.3 Å². The van der Waals surface area contributed by atoms with Gasteiger partial charge in [0, 0.05) is 23.9 Å². The van der Waals surface area contributed by atoms with Gasteiger partial charge in [-0.15, -0.1) is 11.3 Å². The summed E-state index contributed by atoms with van der Waals surface area (Å²) >= 11 is 19.9. The van der Waals surface area contributed by atoms with Gasteiger partial charge >= 0.3 is 0 Å². The molecule has 1 aliphatic rings. The molecule has 3 heterocycles. The third kappa shape index (κ3) is 4.68. The molecular weight excluding hydrogens is 475 g/mol. The van der Waals surface area contributed by atoms with Gasteiger partial charge in [0.15, 0.2) is 5.11 Å². The van der Waals surface area contributed by atoms with E-state index in [1.807, 2.05) is 41.3 Å². The Hall–Kier alpha value is -2.23. The van der Waals surface area contributed by atoms with E-state index in [0.29, 0.717) is 20.2 Å². The van der Waals surface area contributed by atoms with Crippen LogP contribution in [-0.4, -0.2) is 29.7 Å². The molecule has 4 rings (SSSR count). The van der Waals surface area contributed by atoms with Crippen molar-refractivity contribution in [2.24, 2.45) is 0 Å². The van der Waals surface area contributed by atoms with Crippen molar-refractivity contribution in [1.29, 1.82) is 0 Å². The van der Waals surface area contributed by atoms with Crippen LogP contribution in [0.1, 0.15) is 22.7 Å². The van der Waals surface area contributed by atoms with Crippen molar-refractivity contribution in [3.05, 3.63) is 74.7 Å². The molecule has 3 aromatic rings. The summed E-state index contributed by atoms with van der Waals surface area (Å²) in [5.41, 5.74) is 2.17. The topological polar surface area (TPSA) is 66.5 Å². The molecule has 2 N–H and O–H groups in total. The molecule has 0 unspecified atom stereocenters. The van der Waals surface area contributed by atoms with E-state index >= 15 is 0 Å². The lowest BCUT2D eigenvalue weighted by Gasteiger charge is -2.27. The number of rotatable bonds is 6. The van der Waals surface area contributed by atoms with Gasteiger partial charge in [-0.1, -0.05) is 29.3 Å². The van der Waals surface area contributed by atoms with Crippen LogP contribution in [0.4, 0.5) is 11.4 Å². The lowest BCUT2D eigenvalue weighted by molar-refractivity contribution is -0.119. The van der Waals surface area contributed by atoms with E-state index in [-0.39, 0.29) is 24.6 Å². The highest BCUT2D eigenvalue weighted by atomic mass is 35.5. The zero-order chi connectivity index (χ0) is 22.0. The Balaban J connectivity index is 1.71. The van der Waals surface area contributed by atoms with E-state index in [9.17, 15) is 4.79 Å². The normalized spacial score (nSPS) is 18.2. The summed E-state index contributed by atoms with van der Waals surface area (Å²) in [6.07, 6.45) is 1.76. The molecule has 0 spiro atoms. The highest BCUT2D eigenvalue weighted by molar-refractivity contribution is 7.80. The fourth-order valence-corrected chi connectivity index (χ4v) is 5.24. The quantitative estimate of drug-likeness (QED) is 0.460. The van der Waals surface area contributed by atoms with Crippen LogP contribution in [-0.2, 0) is 9.53 Å². The SMILES string of the molecule is COCC(=O)Nc1ccc(N2C(=S)N[C@H](c3ccccn3)[C@H]2c2ccc(Cl)s2)cc1Cl. The lowest BCUT2D eigenvalue weighted by Crippen LogP contribution is -2.29. The summed E-state index contributed by atoms with van der Waals surface area (Å²) in [7, 11) is 1.46. The number of amides is 1. The van der Waals surface area contributed by atoms with Crippen molar-refractivity contribution in [2.45, 2.75) is 12.1 Å². The summed E-state index contributed by atoms with van der Waals surface area (Å²) in [5, 5.41) is 7.07. The molecular formula is C21H18Cl2N4O2S2. The first-order chi connectivity index (χ1) is 15.0. The van der Waals surface area contributed by atoms with Crippen molar-refractivity contribution in [2.75, 3.05) is 23.9 Å². The van der Waals surface area contributed by atoms with Gasteiger partial charge in [0.05, 0.1) is 32.8 Å². The van der Waals surface area contributed by atoms with Gasteiger partial charge < -0.3 is 20.3 Å². The molecule has 0 saturated carbocycles. The second-order valence-corrected chi connectivity index (χ2v) is 9.32. The number of nitrogens with one attached hydrogen (secondary N) is 2. The molecule has 2 atom stereocenters. The van der Waals surface area contributed by atoms with E-state index in [1.165, 1.54) is 18.4 Å². The first-order valence-electron chi connectivity index (χ1n) is 9.32. The van der Waals surface area contributed by atoms with Crippen LogP contribution in [0, 0.1) is 0 Å². The van der Waals surface area contributed by atoms with Gasteiger partial charge in [-0.05, 0) is 54.7 Å². The number of ether oxygens (including phenoxy) is 1. The predicted molar refractivity (Wildman–Crippen MR) is 129 cm³/mol.